The highest BCUT2D eigenvalue weighted by Crippen LogP contribution is 2.17. The predicted molar refractivity (Wildman–Crippen MR) is 279 cm³/mol. The Morgan fingerprint density at radius 1 is 0.433 bits per heavy atom. The topological polar surface area (TPSA) is 111 Å². The molecule has 0 radical (unpaired) electrons. The summed E-state index contributed by atoms with van der Waals surface area (Å²) in [5.41, 5.74) is 0. The average molecular weight is 951 g/mol. The summed E-state index contributed by atoms with van der Waals surface area (Å²) in [6, 6.07) is 0. The van der Waals surface area contributed by atoms with Crippen LogP contribution in [0, 0.1) is 0 Å². The number of carbonyl (C=O) groups is 3. The van der Waals surface area contributed by atoms with E-state index in [1.165, 1.54) is 218 Å². The second kappa shape index (κ2) is 50.4. The summed E-state index contributed by atoms with van der Waals surface area (Å²) in [7, 11) is 5.93. The molecule has 0 saturated heterocycles. The van der Waals surface area contributed by atoms with Gasteiger partial charge in [-0.2, -0.15) is 0 Å². The summed E-state index contributed by atoms with van der Waals surface area (Å²) in [5.74, 6) is -2.26. The largest absolute Gasteiger partial charge is 0.545 e. The maximum absolute atomic E-state index is 12.8. The first-order valence-corrected chi connectivity index (χ1v) is 28.8. The Morgan fingerprint density at radius 3 is 1.10 bits per heavy atom. The second-order valence-electron chi connectivity index (χ2n) is 20.9. The number of rotatable bonds is 54. The van der Waals surface area contributed by atoms with Crippen LogP contribution in [0.3, 0.4) is 0 Å². The molecule has 9 nitrogen and oxygen atoms in total. The summed E-state index contributed by atoms with van der Waals surface area (Å²) in [4.78, 5) is 37.1. The minimum Gasteiger partial charge on any atom is -0.545 e. The molecule has 0 aromatic heterocycles. The zero-order valence-electron chi connectivity index (χ0n) is 45.0. The Labute approximate surface area is 415 Å². The van der Waals surface area contributed by atoms with Gasteiger partial charge in [-0.3, -0.25) is 9.59 Å². The third kappa shape index (κ3) is 51.7. The Hall–Kier alpha value is -1.97. The predicted octanol–water partition coefficient (Wildman–Crippen LogP) is 15.2. The molecule has 0 rings (SSSR count). The molecule has 2 unspecified atom stereocenters. The van der Waals surface area contributed by atoms with Crippen LogP contribution in [0.1, 0.15) is 284 Å². The highest BCUT2D eigenvalue weighted by atomic mass is 16.7. The lowest BCUT2D eigenvalue weighted by molar-refractivity contribution is -0.870. The van der Waals surface area contributed by atoms with E-state index in [1.54, 1.807) is 0 Å². The quantitative estimate of drug-likeness (QED) is 0.0195. The molecule has 0 aromatic rings. The number of carboxylic acids is 1. The van der Waals surface area contributed by atoms with E-state index < -0.39 is 24.3 Å². The zero-order valence-corrected chi connectivity index (χ0v) is 45.0. The number of quaternary nitrogens is 1. The zero-order chi connectivity index (χ0) is 49.2. The van der Waals surface area contributed by atoms with Gasteiger partial charge in [0.15, 0.2) is 12.4 Å². The van der Waals surface area contributed by atoms with Gasteiger partial charge in [0.2, 0.25) is 0 Å². The number of aliphatic carboxylic acids is 1. The SMILES string of the molecule is CCCCCCCCCC/C=C\CCCCCCCCCCCCCCCCCCCCCC(=O)OC(COC(=O)CCCCCCCCCCCCC)COC(OCC[N+](C)(C)C)C(=O)[O-]. The number of likely N-dealkylation sites (N-methyl/N-ethyl adjacent to an activating group) is 1. The normalized spacial score (nSPS) is 12.8. The third-order valence-electron chi connectivity index (χ3n) is 13.0. The maximum Gasteiger partial charge on any atom is 0.306 e. The molecule has 2 atom stereocenters. The number of allylic oxidation sites excluding steroid dienone is 2. The van der Waals surface area contributed by atoms with Crippen molar-refractivity contribution in [2.75, 3.05) is 47.5 Å². The highest BCUT2D eigenvalue weighted by Gasteiger charge is 2.22. The molecular formula is C58H111NO8. The fourth-order valence-electron chi connectivity index (χ4n) is 8.53. The first-order valence-electron chi connectivity index (χ1n) is 28.8. The summed E-state index contributed by atoms with van der Waals surface area (Å²) in [6.07, 6.45) is 54.2. The smallest absolute Gasteiger partial charge is 0.306 e. The highest BCUT2D eigenvalue weighted by molar-refractivity contribution is 5.70. The van der Waals surface area contributed by atoms with Crippen molar-refractivity contribution in [2.45, 2.75) is 296 Å². The summed E-state index contributed by atoms with van der Waals surface area (Å²) in [5, 5.41) is 11.7. The number of carbonyl (C=O) groups excluding carboxylic acids is 3. The lowest BCUT2D eigenvalue weighted by Crippen LogP contribution is -2.44. The van der Waals surface area contributed by atoms with Crippen molar-refractivity contribution < 1.29 is 42.9 Å². The number of esters is 2. The van der Waals surface area contributed by atoms with Crippen molar-refractivity contribution in [1.82, 2.24) is 0 Å². The fourth-order valence-corrected chi connectivity index (χ4v) is 8.53. The van der Waals surface area contributed by atoms with Crippen LogP contribution in [-0.4, -0.2) is 82.3 Å². The number of unbranched alkanes of at least 4 members (excludes halogenated alkanes) is 37. The van der Waals surface area contributed by atoms with E-state index >= 15 is 0 Å². The number of hydrogen-bond acceptors (Lipinski definition) is 8. The fraction of sp³-hybridized carbons (Fsp3) is 0.914. The monoisotopic (exact) mass is 950 g/mol. The van der Waals surface area contributed by atoms with E-state index in [0.29, 0.717) is 17.4 Å². The molecule has 67 heavy (non-hydrogen) atoms. The number of nitrogens with zero attached hydrogens (tertiary/aromatic N) is 1. The molecule has 0 aliphatic carbocycles. The van der Waals surface area contributed by atoms with E-state index in [9.17, 15) is 19.5 Å². The van der Waals surface area contributed by atoms with Crippen LogP contribution in [0.25, 0.3) is 0 Å². The van der Waals surface area contributed by atoms with Gasteiger partial charge in [0.1, 0.15) is 13.2 Å². The lowest BCUT2D eigenvalue weighted by atomic mass is 10.0. The van der Waals surface area contributed by atoms with Crippen LogP contribution in [0.4, 0.5) is 0 Å². The van der Waals surface area contributed by atoms with Crippen LogP contribution >= 0.6 is 0 Å². The third-order valence-corrected chi connectivity index (χ3v) is 13.0. The van der Waals surface area contributed by atoms with Crippen molar-refractivity contribution >= 4 is 17.9 Å². The molecule has 0 N–H and O–H groups in total. The van der Waals surface area contributed by atoms with Gasteiger partial charge in [0.25, 0.3) is 0 Å². The molecule has 0 amide bonds. The molecule has 0 aliphatic rings. The minimum absolute atomic E-state index is 0.152. The molecule has 0 saturated carbocycles. The standard InChI is InChI=1S/C58H111NO8/c1-6-8-10-12-14-16-18-19-20-21-22-23-24-25-26-27-28-29-30-31-32-33-34-35-36-37-39-41-43-45-47-49-56(61)67-54(53-66-58(57(62)63)64-51-50-59(3,4)5)52-65-55(60)48-46-44-42-40-38-17-15-13-11-9-7-2/h21-22,54,58H,6-20,23-53H2,1-5H3/b22-21-. The van der Waals surface area contributed by atoms with E-state index in [1.807, 2.05) is 21.1 Å². The van der Waals surface area contributed by atoms with Gasteiger partial charge in [-0.05, 0) is 38.5 Å². The van der Waals surface area contributed by atoms with E-state index in [2.05, 4.69) is 26.0 Å². The Kier molecular flexibility index (Phi) is 48.9. The van der Waals surface area contributed by atoms with Crippen LogP contribution in [0.2, 0.25) is 0 Å². The summed E-state index contributed by atoms with van der Waals surface area (Å²) < 4.78 is 22.6. The van der Waals surface area contributed by atoms with Crippen molar-refractivity contribution in [3.05, 3.63) is 12.2 Å². The van der Waals surface area contributed by atoms with Crippen LogP contribution in [-0.2, 0) is 33.3 Å². The molecule has 0 aliphatic heterocycles. The van der Waals surface area contributed by atoms with E-state index in [0.717, 1.165) is 38.5 Å². The van der Waals surface area contributed by atoms with Crippen molar-refractivity contribution in [3.8, 4) is 0 Å². The van der Waals surface area contributed by atoms with Crippen LogP contribution in [0.15, 0.2) is 12.2 Å². The summed E-state index contributed by atoms with van der Waals surface area (Å²) in [6.45, 7) is 4.78. The molecule has 0 fully saturated rings. The first-order chi connectivity index (χ1) is 32.6. The van der Waals surface area contributed by atoms with E-state index in [-0.39, 0.29) is 32.2 Å². The van der Waals surface area contributed by atoms with Gasteiger partial charge in [-0.25, -0.2) is 0 Å². The molecular weight excluding hydrogens is 839 g/mol. The molecule has 0 aromatic carbocycles. The number of carboxylic acid groups (broad SMARTS) is 1. The summed E-state index contributed by atoms with van der Waals surface area (Å²) >= 11 is 0. The van der Waals surface area contributed by atoms with Gasteiger partial charge >= 0.3 is 11.9 Å². The minimum atomic E-state index is -1.61. The van der Waals surface area contributed by atoms with Gasteiger partial charge in [0, 0.05) is 12.8 Å². The van der Waals surface area contributed by atoms with Gasteiger partial charge in [-0.1, -0.05) is 244 Å². The Bertz CT molecular complexity index is 1110. The first kappa shape index (κ1) is 65.0. The lowest BCUT2D eigenvalue weighted by Gasteiger charge is -2.26. The average Bonchev–Trinajstić information content (AvgIpc) is 3.29. The van der Waals surface area contributed by atoms with Crippen molar-refractivity contribution in [1.29, 1.82) is 0 Å². The van der Waals surface area contributed by atoms with Crippen LogP contribution in [0.5, 0.6) is 0 Å². The Morgan fingerprint density at radius 2 is 0.761 bits per heavy atom. The van der Waals surface area contributed by atoms with E-state index in [4.69, 9.17) is 18.9 Å². The molecule has 0 bridgehead atoms. The molecule has 9 heteroatoms. The second-order valence-corrected chi connectivity index (χ2v) is 20.9. The van der Waals surface area contributed by atoms with Crippen LogP contribution < -0.4 is 5.11 Å². The molecule has 0 spiro atoms. The molecule has 0 heterocycles. The van der Waals surface area contributed by atoms with Crippen molar-refractivity contribution in [3.63, 3.8) is 0 Å². The van der Waals surface area contributed by atoms with Gasteiger partial charge < -0.3 is 33.3 Å². The van der Waals surface area contributed by atoms with Gasteiger partial charge in [-0.15, -0.1) is 0 Å². The molecule has 396 valence electrons. The van der Waals surface area contributed by atoms with Crippen molar-refractivity contribution in [2.24, 2.45) is 0 Å². The number of hydrogen-bond donors (Lipinski definition) is 0. The number of ether oxygens (including phenoxy) is 4. The maximum atomic E-state index is 12.8. The Balaban J connectivity index is 4.03. The van der Waals surface area contributed by atoms with Gasteiger partial charge in [0.05, 0.1) is 40.3 Å².